The Hall–Kier alpha value is 0. The van der Waals surface area contributed by atoms with Crippen molar-refractivity contribution in [3.63, 3.8) is 0 Å². The summed E-state index contributed by atoms with van der Waals surface area (Å²) in [6.45, 7) is 9.45. The molecule has 0 radical (unpaired) electrons. The van der Waals surface area contributed by atoms with Crippen LogP contribution in [-0.4, -0.2) is 0 Å². The first kappa shape index (κ1) is 15.1. The molecule has 102 valence electrons. The van der Waals surface area contributed by atoms with Crippen molar-refractivity contribution in [3.8, 4) is 0 Å². The number of rotatable bonds is 1. The maximum Gasteiger partial charge on any atom is -0.0414 e. The predicted molar refractivity (Wildman–Crippen MR) is 78.2 cm³/mol. The first-order valence-corrected chi connectivity index (χ1v) is 8.11. The summed E-state index contributed by atoms with van der Waals surface area (Å²) in [6, 6.07) is 0. The zero-order valence-corrected chi connectivity index (χ0v) is 12.7. The van der Waals surface area contributed by atoms with E-state index in [1.807, 2.05) is 0 Å². The molecule has 17 heavy (non-hydrogen) atoms. The summed E-state index contributed by atoms with van der Waals surface area (Å²) < 4.78 is 0. The molecular weight excluding hydrogens is 204 g/mol. The molecule has 0 aromatic carbocycles. The van der Waals surface area contributed by atoms with E-state index in [0.717, 1.165) is 23.7 Å². The molecule has 0 bridgehead atoms. The van der Waals surface area contributed by atoms with E-state index in [2.05, 4.69) is 27.7 Å². The van der Waals surface area contributed by atoms with E-state index in [1.165, 1.54) is 57.8 Å². The Balaban J connectivity index is 0.000000171. The molecule has 2 rings (SSSR count). The molecule has 2 aliphatic rings. The van der Waals surface area contributed by atoms with Gasteiger partial charge in [-0.15, -0.1) is 0 Å². The average molecular weight is 238 g/mol. The quantitative estimate of drug-likeness (QED) is 0.521. The van der Waals surface area contributed by atoms with E-state index < -0.39 is 0 Å². The van der Waals surface area contributed by atoms with Crippen molar-refractivity contribution in [2.75, 3.05) is 0 Å². The molecule has 0 heteroatoms. The largest absolute Gasteiger partial charge is 0.0651 e. The molecular formula is C17H34. The third-order valence-electron chi connectivity index (χ3n) is 4.93. The minimum absolute atomic E-state index is 1.02. The van der Waals surface area contributed by atoms with E-state index in [1.54, 1.807) is 0 Å². The van der Waals surface area contributed by atoms with Gasteiger partial charge in [0.15, 0.2) is 0 Å². The fourth-order valence-electron chi connectivity index (χ4n) is 3.36. The molecule has 2 unspecified atom stereocenters. The van der Waals surface area contributed by atoms with Crippen LogP contribution in [0.5, 0.6) is 0 Å². The second-order valence-corrected chi connectivity index (χ2v) is 6.91. The van der Waals surface area contributed by atoms with Gasteiger partial charge in [-0.25, -0.2) is 0 Å². The van der Waals surface area contributed by atoms with E-state index in [4.69, 9.17) is 0 Å². The van der Waals surface area contributed by atoms with Crippen molar-refractivity contribution in [2.24, 2.45) is 23.7 Å². The molecule has 0 aromatic heterocycles. The lowest BCUT2D eigenvalue weighted by molar-refractivity contribution is 0.276. The smallest absolute Gasteiger partial charge is 0.0414 e. The monoisotopic (exact) mass is 238 g/mol. The molecule has 0 saturated heterocycles. The summed E-state index contributed by atoms with van der Waals surface area (Å²) in [6.07, 6.45) is 13.3. The molecule has 0 aromatic rings. The van der Waals surface area contributed by atoms with Gasteiger partial charge in [-0.05, 0) is 30.1 Å². The van der Waals surface area contributed by atoms with E-state index in [0.29, 0.717) is 0 Å². The standard InChI is InChI=1S/C9H18.C8H16/c1-3-9-6-4-5-8(2)7-9;1-7-3-5-8(2)6-4-7/h8-9H,3-7H2,1-2H3;7-8H,3-6H2,1-2H3. The topological polar surface area (TPSA) is 0 Å². The van der Waals surface area contributed by atoms with E-state index in [-0.39, 0.29) is 0 Å². The van der Waals surface area contributed by atoms with Gasteiger partial charge in [0.2, 0.25) is 0 Å². The Morgan fingerprint density at radius 3 is 1.59 bits per heavy atom. The highest BCUT2D eigenvalue weighted by Gasteiger charge is 2.16. The lowest BCUT2D eigenvalue weighted by Gasteiger charge is -2.25. The fourth-order valence-corrected chi connectivity index (χ4v) is 3.36. The van der Waals surface area contributed by atoms with Gasteiger partial charge in [0.25, 0.3) is 0 Å². The molecule has 2 fully saturated rings. The number of hydrogen-bond donors (Lipinski definition) is 0. The molecule has 2 saturated carbocycles. The van der Waals surface area contributed by atoms with Crippen LogP contribution in [0.2, 0.25) is 0 Å². The molecule has 0 aliphatic heterocycles. The van der Waals surface area contributed by atoms with Gasteiger partial charge in [-0.2, -0.15) is 0 Å². The zero-order valence-electron chi connectivity index (χ0n) is 12.7. The van der Waals surface area contributed by atoms with Crippen molar-refractivity contribution in [2.45, 2.75) is 85.5 Å². The van der Waals surface area contributed by atoms with Crippen LogP contribution in [0.15, 0.2) is 0 Å². The van der Waals surface area contributed by atoms with Crippen LogP contribution in [0, 0.1) is 23.7 Å². The van der Waals surface area contributed by atoms with Crippen LogP contribution in [-0.2, 0) is 0 Å². The highest BCUT2D eigenvalue weighted by Crippen LogP contribution is 2.30. The minimum Gasteiger partial charge on any atom is -0.0651 e. The van der Waals surface area contributed by atoms with Crippen molar-refractivity contribution >= 4 is 0 Å². The Kier molecular flexibility index (Phi) is 7.23. The summed E-state index contributed by atoms with van der Waals surface area (Å²) in [7, 11) is 0. The van der Waals surface area contributed by atoms with Gasteiger partial charge in [0.05, 0.1) is 0 Å². The highest BCUT2D eigenvalue weighted by molar-refractivity contribution is 4.68. The summed E-state index contributed by atoms with van der Waals surface area (Å²) >= 11 is 0. The molecule has 2 aliphatic carbocycles. The molecule has 0 N–H and O–H groups in total. The maximum absolute atomic E-state index is 2.39. The van der Waals surface area contributed by atoms with E-state index in [9.17, 15) is 0 Å². The lowest BCUT2D eigenvalue weighted by Crippen LogP contribution is -2.11. The van der Waals surface area contributed by atoms with Crippen LogP contribution in [0.25, 0.3) is 0 Å². The zero-order chi connectivity index (χ0) is 12.7. The third kappa shape index (κ3) is 6.48. The Labute approximate surface area is 110 Å². The van der Waals surface area contributed by atoms with Crippen LogP contribution in [0.4, 0.5) is 0 Å². The van der Waals surface area contributed by atoms with Gasteiger partial charge in [0.1, 0.15) is 0 Å². The second kappa shape index (κ2) is 8.16. The summed E-state index contributed by atoms with van der Waals surface area (Å²) in [5.41, 5.74) is 0. The average Bonchev–Trinajstić information content (AvgIpc) is 2.34. The van der Waals surface area contributed by atoms with Crippen molar-refractivity contribution < 1.29 is 0 Å². The molecule has 0 amide bonds. The first-order chi connectivity index (χ1) is 8.11. The normalized spacial score (nSPS) is 38.1. The Morgan fingerprint density at radius 1 is 0.706 bits per heavy atom. The van der Waals surface area contributed by atoms with Crippen LogP contribution in [0.3, 0.4) is 0 Å². The summed E-state index contributed by atoms with van der Waals surface area (Å²) in [5, 5.41) is 0. The first-order valence-electron chi connectivity index (χ1n) is 8.11. The van der Waals surface area contributed by atoms with Gasteiger partial charge >= 0.3 is 0 Å². The van der Waals surface area contributed by atoms with Crippen molar-refractivity contribution in [3.05, 3.63) is 0 Å². The SMILES string of the molecule is CC1CCC(C)CC1.CCC1CCCC(C)C1. The van der Waals surface area contributed by atoms with Gasteiger partial charge in [-0.3, -0.25) is 0 Å². The molecule has 0 spiro atoms. The lowest BCUT2D eigenvalue weighted by atomic mass is 9.81. The minimum atomic E-state index is 1.02. The van der Waals surface area contributed by atoms with Gasteiger partial charge < -0.3 is 0 Å². The van der Waals surface area contributed by atoms with Gasteiger partial charge in [0, 0.05) is 0 Å². The molecule has 0 nitrogen and oxygen atoms in total. The Bertz CT molecular complexity index is 166. The maximum atomic E-state index is 2.39. The summed E-state index contributed by atoms with van der Waals surface area (Å²) in [5.74, 6) is 4.12. The van der Waals surface area contributed by atoms with Crippen molar-refractivity contribution in [1.82, 2.24) is 0 Å². The van der Waals surface area contributed by atoms with Crippen LogP contribution < -0.4 is 0 Å². The summed E-state index contributed by atoms with van der Waals surface area (Å²) in [4.78, 5) is 0. The predicted octanol–water partition coefficient (Wildman–Crippen LogP) is 6.06. The molecule has 2 atom stereocenters. The third-order valence-corrected chi connectivity index (χ3v) is 4.93. The van der Waals surface area contributed by atoms with Crippen LogP contribution >= 0.6 is 0 Å². The molecule has 0 heterocycles. The highest BCUT2D eigenvalue weighted by atomic mass is 14.2. The van der Waals surface area contributed by atoms with Crippen LogP contribution in [0.1, 0.15) is 85.5 Å². The van der Waals surface area contributed by atoms with Crippen molar-refractivity contribution in [1.29, 1.82) is 0 Å². The fraction of sp³-hybridized carbons (Fsp3) is 1.00. The second-order valence-electron chi connectivity index (χ2n) is 6.91. The van der Waals surface area contributed by atoms with E-state index >= 15 is 0 Å². The Morgan fingerprint density at radius 2 is 1.24 bits per heavy atom. The number of hydrogen-bond acceptors (Lipinski definition) is 0. The van der Waals surface area contributed by atoms with Gasteiger partial charge in [-0.1, -0.05) is 79.1 Å².